The van der Waals surface area contributed by atoms with Gasteiger partial charge in [0.2, 0.25) is 0 Å². The number of carbonyl (C=O) groups is 1. The highest BCUT2D eigenvalue weighted by Crippen LogP contribution is 2.21. The van der Waals surface area contributed by atoms with Crippen LogP contribution in [0.25, 0.3) is 0 Å². The van der Waals surface area contributed by atoms with Crippen molar-refractivity contribution >= 4 is 17.4 Å². The average molecular weight is 281 g/mol. The van der Waals surface area contributed by atoms with Crippen molar-refractivity contribution in [2.75, 3.05) is 11.9 Å². The molecular weight excluding hydrogens is 262 g/mol. The molecule has 0 aliphatic heterocycles. The van der Waals surface area contributed by atoms with Crippen LogP contribution in [-0.2, 0) is 0 Å². The third kappa shape index (κ3) is 4.85. The predicted molar refractivity (Wildman–Crippen MR) is 75.8 cm³/mol. The third-order valence-corrected chi connectivity index (χ3v) is 2.77. The van der Waals surface area contributed by atoms with Crippen LogP contribution in [0.15, 0.2) is 18.2 Å². The summed E-state index contributed by atoms with van der Waals surface area (Å²) in [6.07, 6.45) is 0.896. The van der Waals surface area contributed by atoms with E-state index in [0.29, 0.717) is 17.7 Å². The van der Waals surface area contributed by atoms with Gasteiger partial charge in [0, 0.05) is 23.9 Å². The molecule has 7 heteroatoms. The molecule has 0 spiro atoms. The van der Waals surface area contributed by atoms with Crippen molar-refractivity contribution in [3.8, 4) is 0 Å². The van der Waals surface area contributed by atoms with Crippen molar-refractivity contribution in [1.82, 2.24) is 5.32 Å². The summed E-state index contributed by atoms with van der Waals surface area (Å²) >= 11 is 0. The van der Waals surface area contributed by atoms with Gasteiger partial charge in [0.25, 0.3) is 5.69 Å². The second-order valence-electron chi connectivity index (χ2n) is 4.54. The first-order chi connectivity index (χ1) is 9.43. The minimum absolute atomic E-state index is 0.00864. The van der Waals surface area contributed by atoms with Gasteiger partial charge in [0.15, 0.2) is 0 Å². The number of nitro benzene ring substituents is 1. The average Bonchev–Trinajstić information content (AvgIpc) is 2.36. The molecule has 2 amide bonds. The number of benzene rings is 1. The van der Waals surface area contributed by atoms with Gasteiger partial charge in [-0.3, -0.25) is 10.1 Å². The van der Waals surface area contributed by atoms with Gasteiger partial charge in [0.1, 0.15) is 0 Å². The molecule has 0 heterocycles. The molecule has 0 saturated carbocycles. The molecule has 20 heavy (non-hydrogen) atoms. The molecule has 0 unspecified atom stereocenters. The predicted octanol–water partition coefficient (Wildman–Crippen LogP) is 2.19. The van der Waals surface area contributed by atoms with Crippen molar-refractivity contribution in [2.45, 2.75) is 32.8 Å². The lowest BCUT2D eigenvalue weighted by Gasteiger charge is -2.12. The molecule has 1 rings (SSSR count). The summed E-state index contributed by atoms with van der Waals surface area (Å²) in [6, 6.07) is 3.89. The van der Waals surface area contributed by atoms with Crippen LogP contribution >= 0.6 is 0 Å². The minimum atomic E-state index is -0.565. The van der Waals surface area contributed by atoms with Crippen LogP contribution in [-0.4, -0.2) is 28.7 Å². The van der Waals surface area contributed by atoms with Crippen molar-refractivity contribution in [3.63, 3.8) is 0 Å². The Morgan fingerprint density at radius 1 is 1.50 bits per heavy atom. The zero-order valence-electron chi connectivity index (χ0n) is 11.5. The standard InChI is InChI=1S/C13H19N3O4/c1-3-4-11(17)8-14-13(18)15-10-5-6-12(16(19)20)9(2)7-10/h5-7,11,17H,3-4,8H2,1-2H3,(H2,14,15,18)/t11-/m1/s1. The molecule has 110 valence electrons. The zero-order valence-corrected chi connectivity index (χ0v) is 11.5. The van der Waals surface area contributed by atoms with Crippen LogP contribution in [0.4, 0.5) is 16.2 Å². The number of aliphatic hydroxyl groups excluding tert-OH is 1. The molecule has 1 aromatic carbocycles. The normalized spacial score (nSPS) is 11.8. The van der Waals surface area contributed by atoms with Gasteiger partial charge in [-0.1, -0.05) is 13.3 Å². The molecule has 0 fully saturated rings. The van der Waals surface area contributed by atoms with Gasteiger partial charge in [-0.15, -0.1) is 0 Å². The summed E-state index contributed by atoms with van der Waals surface area (Å²) in [4.78, 5) is 21.8. The van der Waals surface area contributed by atoms with E-state index in [1.165, 1.54) is 18.2 Å². The molecule has 7 nitrogen and oxygen atoms in total. The van der Waals surface area contributed by atoms with Crippen molar-refractivity contribution in [3.05, 3.63) is 33.9 Å². The Morgan fingerprint density at radius 3 is 2.75 bits per heavy atom. The first kappa shape index (κ1) is 15.9. The van der Waals surface area contributed by atoms with Crippen molar-refractivity contribution in [1.29, 1.82) is 0 Å². The molecule has 1 atom stereocenters. The van der Waals surface area contributed by atoms with Crippen molar-refractivity contribution < 1.29 is 14.8 Å². The lowest BCUT2D eigenvalue weighted by Crippen LogP contribution is -2.35. The fourth-order valence-corrected chi connectivity index (χ4v) is 1.76. The van der Waals surface area contributed by atoms with Crippen LogP contribution < -0.4 is 10.6 Å². The van der Waals surface area contributed by atoms with Crippen LogP contribution in [0, 0.1) is 17.0 Å². The Morgan fingerprint density at radius 2 is 2.20 bits per heavy atom. The van der Waals surface area contributed by atoms with E-state index in [0.717, 1.165) is 6.42 Å². The molecule has 0 aromatic heterocycles. The minimum Gasteiger partial charge on any atom is -0.391 e. The number of hydrogen-bond donors (Lipinski definition) is 3. The number of nitrogens with zero attached hydrogens (tertiary/aromatic N) is 1. The number of aryl methyl sites for hydroxylation is 1. The first-order valence-corrected chi connectivity index (χ1v) is 6.42. The van der Waals surface area contributed by atoms with E-state index < -0.39 is 17.1 Å². The van der Waals surface area contributed by atoms with Gasteiger partial charge < -0.3 is 15.7 Å². The number of rotatable bonds is 6. The van der Waals surface area contributed by atoms with E-state index in [2.05, 4.69) is 10.6 Å². The van der Waals surface area contributed by atoms with Crippen LogP contribution in [0.5, 0.6) is 0 Å². The quantitative estimate of drug-likeness (QED) is 0.549. The smallest absolute Gasteiger partial charge is 0.319 e. The summed E-state index contributed by atoms with van der Waals surface area (Å²) in [7, 11) is 0. The molecule has 3 N–H and O–H groups in total. The molecule has 0 bridgehead atoms. The Balaban J connectivity index is 2.54. The Kier molecular flexibility index (Phi) is 5.92. The maximum Gasteiger partial charge on any atom is 0.319 e. The van der Waals surface area contributed by atoms with Crippen molar-refractivity contribution in [2.24, 2.45) is 0 Å². The highest BCUT2D eigenvalue weighted by Gasteiger charge is 2.11. The Hall–Kier alpha value is -2.15. The number of amides is 2. The number of urea groups is 1. The molecule has 0 radical (unpaired) electrons. The summed E-state index contributed by atoms with van der Waals surface area (Å²) in [5.41, 5.74) is 0.948. The lowest BCUT2D eigenvalue weighted by atomic mass is 10.2. The van der Waals surface area contributed by atoms with Gasteiger partial charge in [-0.25, -0.2) is 4.79 Å². The van der Waals surface area contributed by atoms with Gasteiger partial charge in [-0.2, -0.15) is 0 Å². The maximum atomic E-state index is 11.6. The fraction of sp³-hybridized carbons (Fsp3) is 0.462. The monoisotopic (exact) mass is 281 g/mol. The molecule has 0 aliphatic carbocycles. The highest BCUT2D eigenvalue weighted by atomic mass is 16.6. The number of aliphatic hydroxyl groups is 1. The molecule has 1 aromatic rings. The second kappa shape index (κ2) is 7.44. The number of carbonyl (C=O) groups excluding carboxylic acids is 1. The van der Waals surface area contributed by atoms with Crippen LogP contribution in [0.1, 0.15) is 25.3 Å². The van der Waals surface area contributed by atoms with E-state index in [4.69, 9.17) is 0 Å². The van der Waals surface area contributed by atoms with E-state index in [1.807, 2.05) is 6.92 Å². The summed E-state index contributed by atoms with van der Waals surface area (Å²) < 4.78 is 0. The van der Waals surface area contributed by atoms with E-state index in [1.54, 1.807) is 6.92 Å². The number of hydrogen-bond acceptors (Lipinski definition) is 4. The first-order valence-electron chi connectivity index (χ1n) is 6.42. The third-order valence-electron chi connectivity index (χ3n) is 2.77. The largest absolute Gasteiger partial charge is 0.391 e. The van der Waals surface area contributed by atoms with Crippen LogP contribution in [0.3, 0.4) is 0 Å². The summed E-state index contributed by atoms with van der Waals surface area (Å²) in [5, 5.41) is 25.3. The topological polar surface area (TPSA) is 104 Å². The van der Waals surface area contributed by atoms with Gasteiger partial charge in [-0.05, 0) is 25.5 Å². The van der Waals surface area contributed by atoms with Gasteiger partial charge in [0.05, 0.1) is 11.0 Å². The van der Waals surface area contributed by atoms with E-state index in [-0.39, 0.29) is 12.2 Å². The fourth-order valence-electron chi connectivity index (χ4n) is 1.76. The number of nitrogens with one attached hydrogen (secondary N) is 2. The number of anilines is 1. The lowest BCUT2D eigenvalue weighted by molar-refractivity contribution is -0.385. The maximum absolute atomic E-state index is 11.6. The Bertz CT molecular complexity index is 491. The summed E-state index contributed by atoms with van der Waals surface area (Å²) in [6.45, 7) is 3.72. The van der Waals surface area contributed by atoms with Gasteiger partial charge >= 0.3 is 6.03 Å². The summed E-state index contributed by atoms with van der Waals surface area (Å²) in [5.74, 6) is 0. The SMILES string of the molecule is CCC[C@@H](O)CNC(=O)Nc1ccc([N+](=O)[O-])c(C)c1. The Labute approximate surface area is 117 Å². The highest BCUT2D eigenvalue weighted by molar-refractivity contribution is 5.89. The molecule has 0 saturated heterocycles. The second-order valence-corrected chi connectivity index (χ2v) is 4.54. The molecule has 0 aliphatic rings. The number of nitro groups is 1. The molecular formula is C13H19N3O4. The van der Waals surface area contributed by atoms with E-state index >= 15 is 0 Å². The van der Waals surface area contributed by atoms with Crippen LogP contribution in [0.2, 0.25) is 0 Å². The van der Waals surface area contributed by atoms with E-state index in [9.17, 15) is 20.0 Å². The zero-order chi connectivity index (χ0) is 15.1.